The zero-order valence-corrected chi connectivity index (χ0v) is 11.3. The second kappa shape index (κ2) is 4.87. The van der Waals surface area contributed by atoms with Gasteiger partial charge in [-0.3, -0.25) is 4.79 Å². The van der Waals surface area contributed by atoms with Gasteiger partial charge >= 0.3 is 0 Å². The summed E-state index contributed by atoms with van der Waals surface area (Å²) in [5.74, 6) is -0.132. The number of benzene rings is 1. The van der Waals surface area contributed by atoms with Gasteiger partial charge in [0.1, 0.15) is 6.17 Å². The Morgan fingerprint density at radius 1 is 1.56 bits per heavy atom. The van der Waals surface area contributed by atoms with Gasteiger partial charge in [0, 0.05) is 10.1 Å². The van der Waals surface area contributed by atoms with Crippen molar-refractivity contribution in [1.29, 1.82) is 0 Å². The average Bonchev–Trinajstić information content (AvgIpc) is 2.68. The van der Waals surface area contributed by atoms with Crippen molar-refractivity contribution in [2.75, 3.05) is 13.1 Å². The molecule has 0 aromatic heterocycles. The normalized spacial score (nSPS) is 20.2. The predicted molar refractivity (Wildman–Crippen MR) is 69.6 cm³/mol. The summed E-state index contributed by atoms with van der Waals surface area (Å²) in [5.41, 5.74) is 0.558. The van der Waals surface area contributed by atoms with Crippen LogP contribution in [0.2, 0.25) is 5.02 Å². The molecule has 1 aliphatic heterocycles. The van der Waals surface area contributed by atoms with Crippen LogP contribution >= 0.6 is 34.2 Å². The van der Waals surface area contributed by atoms with Gasteiger partial charge in [-0.1, -0.05) is 17.7 Å². The number of hydrogen-bond acceptors (Lipinski definition) is 1. The zero-order chi connectivity index (χ0) is 11.7. The Hall–Kier alpha value is -0.360. The third-order valence-electron chi connectivity index (χ3n) is 2.60. The number of amides is 1. The topological polar surface area (TPSA) is 20.3 Å². The minimum atomic E-state index is -0.888. The molecule has 1 heterocycles. The van der Waals surface area contributed by atoms with Gasteiger partial charge in [0.2, 0.25) is 0 Å². The monoisotopic (exact) mass is 353 g/mol. The molecule has 0 spiro atoms. The number of likely N-dealkylation sites (tertiary alicyclic amines) is 1. The molecular formula is C11H10ClFINO. The zero-order valence-electron chi connectivity index (χ0n) is 8.42. The first-order chi connectivity index (χ1) is 7.59. The number of alkyl halides is 1. The molecule has 16 heavy (non-hydrogen) atoms. The molecular weight excluding hydrogens is 343 g/mol. The van der Waals surface area contributed by atoms with Crippen molar-refractivity contribution in [1.82, 2.24) is 4.90 Å². The Labute approximate surface area is 112 Å². The lowest BCUT2D eigenvalue weighted by Gasteiger charge is -2.16. The smallest absolute Gasteiger partial charge is 0.255 e. The van der Waals surface area contributed by atoms with Gasteiger partial charge in [-0.2, -0.15) is 0 Å². The van der Waals surface area contributed by atoms with E-state index in [9.17, 15) is 9.18 Å². The highest BCUT2D eigenvalue weighted by molar-refractivity contribution is 14.1. The number of carbonyl (C=O) groups excluding carboxylic acids is 1. The molecule has 86 valence electrons. The second-order valence-corrected chi connectivity index (χ2v) is 5.22. The van der Waals surface area contributed by atoms with Gasteiger partial charge in [-0.05, 0) is 41.1 Å². The molecule has 1 aliphatic rings. The Balaban J connectivity index is 2.24. The van der Waals surface area contributed by atoms with Crippen LogP contribution in [0, 0.1) is 3.57 Å². The molecule has 2 rings (SSSR count). The van der Waals surface area contributed by atoms with Crippen LogP contribution in [-0.2, 0) is 0 Å². The van der Waals surface area contributed by atoms with Crippen LogP contribution in [0.4, 0.5) is 4.39 Å². The highest BCUT2D eigenvalue weighted by atomic mass is 127. The Bertz CT molecular complexity index is 426. The van der Waals surface area contributed by atoms with Crippen molar-refractivity contribution in [2.24, 2.45) is 0 Å². The van der Waals surface area contributed by atoms with Crippen LogP contribution in [0.15, 0.2) is 18.2 Å². The maximum absolute atomic E-state index is 13.0. The third-order valence-corrected chi connectivity index (χ3v) is 4.40. The fraction of sp³-hybridized carbons (Fsp3) is 0.364. The maximum Gasteiger partial charge on any atom is 0.255 e. The van der Waals surface area contributed by atoms with E-state index in [0.29, 0.717) is 23.6 Å². The Morgan fingerprint density at radius 3 is 2.94 bits per heavy atom. The first-order valence-electron chi connectivity index (χ1n) is 4.97. The van der Waals surface area contributed by atoms with Crippen LogP contribution in [-0.4, -0.2) is 30.1 Å². The van der Waals surface area contributed by atoms with E-state index < -0.39 is 6.17 Å². The van der Waals surface area contributed by atoms with Gasteiger partial charge in [0.25, 0.3) is 5.91 Å². The quantitative estimate of drug-likeness (QED) is 0.711. The molecule has 0 radical (unpaired) electrons. The van der Waals surface area contributed by atoms with Crippen molar-refractivity contribution in [2.45, 2.75) is 12.6 Å². The highest BCUT2D eigenvalue weighted by Gasteiger charge is 2.27. The summed E-state index contributed by atoms with van der Waals surface area (Å²) < 4.78 is 13.7. The average molecular weight is 354 g/mol. The van der Waals surface area contributed by atoms with Gasteiger partial charge in [-0.25, -0.2) is 4.39 Å². The summed E-state index contributed by atoms with van der Waals surface area (Å²) in [6, 6.07) is 5.20. The van der Waals surface area contributed by atoms with Crippen molar-refractivity contribution >= 4 is 40.1 Å². The third kappa shape index (κ3) is 2.32. The van der Waals surface area contributed by atoms with Crippen molar-refractivity contribution in [3.63, 3.8) is 0 Å². The Morgan fingerprint density at radius 2 is 2.31 bits per heavy atom. The first-order valence-corrected chi connectivity index (χ1v) is 6.42. The molecule has 1 fully saturated rings. The minimum Gasteiger partial charge on any atom is -0.336 e. The summed E-state index contributed by atoms with van der Waals surface area (Å²) in [4.78, 5) is 13.6. The van der Waals surface area contributed by atoms with Crippen LogP contribution in [0.3, 0.4) is 0 Å². The van der Waals surface area contributed by atoms with Crippen LogP contribution in [0.1, 0.15) is 16.8 Å². The summed E-state index contributed by atoms with van der Waals surface area (Å²) in [6.45, 7) is 0.685. The van der Waals surface area contributed by atoms with Gasteiger partial charge in [-0.15, -0.1) is 0 Å². The lowest BCUT2D eigenvalue weighted by atomic mass is 10.2. The fourth-order valence-corrected chi connectivity index (χ4v) is 2.51. The Kier molecular flexibility index (Phi) is 3.69. The van der Waals surface area contributed by atoms with Crippen molar-refractivity contribution in [3.8, 4) is 0 Å². The molecule has 1 saturated heterocycles. The molecule has 0 N–H and O–H groups in total. The first kappa shape index (κ1) is 12.1. The second-order valence-electron chi connectivity index (χ2n) is 3.74. The van der Waals surface area contributed by atoms with E-state index in [1.54, 1.807) is 23.1 Å². The van der Waals surface area contributed by atoms with Gasteiger partial charge in [0.15, 0.2) is 0 Å². The number of halogens is 3. The number of hydrogen-bond donors (Lipinski definition) is 0. The number of carbonyl (C=O) groups is 1. The molecule has 5 heteroatoms. The molecule has 0 bridgehead atoms. The van der Waals surface area contributed by atoms with Crippen LogP contribution in [0.25, 0.3) is 0 Å². The van der Waals surface area contributed by atoms with E-state index in [1.165, 1.54) is 0 Å². The largest absolute Gasteiger partial charge is 0.336 e. The molecule has 0 unspecified atom stereocenters. The molecule has 1 aromatic carbocycles. The fourth-order valence-electron chi connectivity index (χ4n) is 1.74. The van der Waals surface area contributed by atoms with Crippen LogP contribution < -0.4 is 0 Å². The van der Waals surface area contributed by atoms with Crippen molar-refractivity contribution < 1.29 is 9.18 Å². The predicted octanol–water partition coefficient (Wildman–Crippen LogP) is 3.13. The molecule has 2 nitrogen and oxygen atoms in total. The van der Waals surface area contributed by atoms with Gasteiger partial charge < -0.3 is 4.90 Å². The summed E-state index contributed by atoms with van der Waals surface area (Å²) in [7, 11) is 0. The number of rotatable bonds is 1. The number of nitrogens with zero attached hydrogens (tertiary/aromatic N) is 1. The highest BCUT2D eigenvalue weighted by Crippen LogP contribution is 2.24. The van der Waals surface area contributed by atoms with E-state index in [0.717, 1.165) is 3.57 Å². The van der Waals surface area contributed by atoms with Crippen molar-refractivity contribution in [3.05, 3.63) is 32.4 Å². The van der Waals surface area contributed by atoms with Gasteiger partial charge in [0.05, 0.1) is 17.1 Å². The van der Waals surface area contributed by atoms with E-state index in [4.69, 9.17) is 11.6 Å². The van der Waals surface area contributed by atoms with E-state index in [2.05, 4.69) is 0 Å². The minimum absolute atomic E-state index is 0.132. The molecule has 1 aromatic rings. The molecule has 0 saturated carbocycles. The summed E-state index contributed by atoms with van der Waals surface area (Å²) >= 11 is 7.98. The lowest BCUT2D eigenvalue weighted by Crippen LogP contribution is -2.29. The van der Waals surface area contributed by atoms with E-state index in [1.807, 2.05) is 22.6 Å². The van der Waals surface area contributed by atoms with Crippen LogP contribution in [0.5, 0.6) is 0 Å². The standard InChI is InChI=1S/C11H10ClFINO/c12-9-3-1-2-8(10(9)14)11(16)15-5-4-7(13)6-15/h1-3,7H,4-6H2/t7-/m0/s1. The molecule has 1 amide bonds. The molecule has 1 atom stereocenters. The summed E-state index contributed by atoms with van der Waals surface area (Å²) in [5, 5.41) is 0.558. The van der Waals surface area contributed by atoms with E-state index >= 15 is 0 Å². The summed E-state index contributed by atoms with van der Waals surface area (Å²) in [6.07, 6.45) is -0.455. The lowest BCUT2D eigenvalue weighted by molar-refractivity contribution is 0.0782. The SMILES string of the molecule is O=C(c1cccc(Cl)c1I)N1CC[C@H](F)C1. The molecule has 0 aliphatic carbocycles. The maximum atomic E-state index is 13.0. The van der Waals surface area contributed by atoms with E-state index in [-0.39, 0.29) is 12.5 Å².